The van der Waals surface area contributed by atoms with Crippen molar-refractivity contribution < 1.29 is 0 Å². The van der Waals surface area contributed by atoms with E-state index in [-0.39, 0.29) is 0 Å². The van der Waals surface area contributed by atoms with Gasteiger partial charge in [0.1, 0.15) is 5.03 Å². The van der Waals surface area contributed by atoms with Crippen LogP contribution in [-0.4, -0.2) is 19.8 Å². The standard InChI is InChI=1S/C2H2N2S3.C2H2N2S2/c5-1-3-4-2(6)7-1;5-2-1-6-4-3-2/h(H,3,5)(H,4,6);1,5H. The molecule has 2 N–H and O–H groups in total. The third-order valence-electron chi connectivity index (χ3n) is 0.801. The lowest BCUT2D eigenvalue weighted by atomic mass is 11.0. The summed E-state index contributed by atoms with van der Waals surface area (Å²) in [7, 11) is 0. The lowest BCUT2D eigenvalue weighted by Crippen LogP contribution is -1.60. The van der Waals surface area contributed by atoms with Crippen molar-refractivity contribution in [3.05, 3.63) is 13.3 Å². The normalized spacial score (nSPS) is 9.00. The van der Waals surface area contributed by atoms with Gasteiger partial charge in [0, 0.05) is 5.38 Å². The highest BCUT2D eigenvalue weighted by molar-refractivity contribution is 7.80. The molecule has 13 heavy (non-hydrogen) atoms. The average molecular weight is 268 g/mol. The van der Waals surface area contributed by atoms with E-state index in [0.717, 1.165) is 0 Å². The molecule has 0 atom stereocenters. The summed E-state index contributed by atoms with van der Waals surface area (Å²) in [5, 5.41) is 11.4. The van der Waals surface area contributed by atoms with Crippen LogP contribution in [0.3, 0.4) is 0 Å². The first-order valence-electron chi connectivity index (χ1n) is 2.92. The minimum Gasteiger partial charge on any atom is -0.281 e. The highest BCUT2D eigenvalue weighted by Crippen LogP contribution is 1.99. The molecule has 2 aromatic rings. The summed E-state index contributed by atoms with van der Waals surface area (Å²) in [6.45, 7) is 0. The zero-order valence-corrected chi connectivity index (χ0v) is 10.2. The van der Waals surface area contributed by atoms with Gasteiger partial charge in [-0.2, -0.15) is 0 Å². The Balaban J connectivity index is 0.000000132. The Bertz CT molecular complexity index is 411. The maximum Gasteiger partial charge on any atom is 0.175 e. The highest BCUT2D eigenvalue weighted by atomic mass is 32.2. The van der Waals surface area contributed by atoms with Crippen molar-refractivity contribution in [1.29, 1.82) is 0 Å². The molecule has 0 radical (unpaired) electrons. The topological polar surface area (TPSA) is 57.4 Å². The minimum absolute atomic E-state index is 0.694. The molecule has 0 fully saturated rings. The third kappa shape index (κ3) is 4.62. The van der Waals surface area contributed by atoms with Gasteiger partial charge in [-0.05, 0) is 36.0 Å². The van der Waals surface area contributed by atoms with Gasteiger partial charge in [-0.15, -0.1) is 17.7 Å². The first-order valence-corrected chi connectivity index (χ1v) is 5.84. The summed E-state index contributed by atoms with van der Waals surface area (Å²) < 4.78 is 4.94. The molecular weight excluding hydrogens is 264 g/mol. The predicted octanol–water partition coefficient (Wildman–Crippen LogP) is 2.69. The van der Waals surface area contributed by atoms with E-state index in [1.165, 1.54) is 22.9 Å². The highest BCUT2D eigenvalue weighted by Gasteiger charge is 1.79. The fourth-order valence-electron chi connectivity index (χ4n) is 0.397. The molecule has 0 unspecified atom stereocenters. The Morgan fingerprint density at radius 2 is 1.92 bits per heavy atom. The second-order valence-corrected chi connectivity index (χ2v) is 5.11. The van der Waals surface area contributed by atoms with Crippen molar-refractivity contribution in [2.45, 2.75) is 5.03 Å². The molecule has 4 nitrogen and oxygen atoms in total. The van der Waals surface area contributed by atoms with Gasteiger partial charge in [-0.25, -0.2) is 0 Å². The molecule has 0 aliphatic carbocycles. The van der Waals surface area contributed by atoms with E-state index < -0.39 is 0 Å². The largest absolute Gasteiger partial charge is 0.281 e. The molecule has 0 amide bonds. The quantitative estimate of drug-likeness (QED) is 0.508. The van der Waals surface area contributed by atoms with Gasteiger partial charge in [-0.3, -0.25) is 10.2 Å². The van der Waals surface area contributed by atoms with Crippen molar-refractivity contribution in [2.75, 3.05) is 0 Å². The molecule has 70 valence electrons. The maximum atomic E-state index is 4.70. The van der Waals surface area contributed by atoms with Gasteiger partial charge in [0.25, 0.3) is 0 Å². The smallest absolute Gasteiger partial charge is 0.175 e. The predicted molar refractivity (Wildman–Crippen MR) is 61.8 cm³/mol. The van der Waals surface area contributed by atoms with Crippen molar-refractivity contribution in [3.8, 4) is 0 Å². The SMILES string of the molecule is S=c1[nH][nH]c(=S)s1.Sc1csnn1. The summed E-state index contributed by atoms with van der Waals surface area (Å²) in [5.74, 6) is 0. The number of hydrogen-bond donors (Lipinski definition) is 3. The van der Waals surface area contributed by atoms with E-state index in [4.69, 9.17) is 24.4 Å². The third-order valence-corrected chi connectivity index (χ3v) is 2.98. The summed E-state index contributed by atoms with van der Waals surface area (Å²) >= 11 is 15.9. The molecular formula is C4H4N4S5. The molecule has 2 heterocycles. The number of thiol groups is 1. The molecule has 0 saturated carbocycles. The Morgan fingerprint density at radius 3 is 2.08 bits per heavy atom. The summed E-state index contributed by atoms with van der Waals surface area (Å²) in [6, 6.07) is 0. The minimum atomic E-state index is 0.694. The van der Waals surface area contributed by atoms with Crippen LogP contribution in [-0.2, 0) is 0 Å². The van der Waals surface area contributed by atoms with E-state index >= 15 is 0 Å². The van der Waals surface area contributed by atoms with E-state index in [0.29, 0.717) is 12.9 Å². The Hall–Kier alpha value is -0.0900. The molecule has 2 aromatic heterocycles. The monoisotopic (exact) mass is 268 g/mol. The summed E-state index contributed by atoms with van der Waals surface area (Å²) in [4.78, 5) is 0. The molecule has 0 aromatic carbocycles. The fraction of sp³-hybridized carbons (Fsp3) is 0. The van der Waals surface area contributed by atoms with E-state index in [1.54, 1.807) is 5.38 Å². The Kier molecular flexibility index (Phi) is 4.73. The number of rotatable bonds is 0. The fourth-order valence-corrected chi connectivity index (χ4v) is 2.10. The molecule has 0 aliphatic rings. The van der Waals surface area contributed by atoms with E-state index in [9.17, 15) is 0 Å². The van der Waals surface area contributed by atoms with Gasteiger partial charge in [0.15, 0.2) is 7.91 Å². The lowest BCUT2D eigenvalue weighted by Gasteiger charge is -1.60. The number of H-pyrrole nitrogens is 2. The van der Waals surface area contributed by atoms with Crippen molar-refractivity contribution >= 4 is 59.9 Å². The van der Waals surface area contributed by atoms with Crippen LogP contribution in [0.1, 0.15) is 0 Å². The molecule has 0 saturated heterocycles. The molecule has 0 spiro atoms. The van der Waals surface area contributed by atoms with Crippen LogP contribution in [0.4, 0.5) is 0 Å². The van der Waals surface area contributed by atoms with Crippen LogP contribution < -0.4 is 0 Å². The number of nitrogens with one attached hydrogen (secondary N) is 2. The second-order valence-electron chi connectivity index (χ2n) is 1.69. The van der Waals surface area contributed by atoms with Gasteiger partial charge >= 0.3 is 0 Å². The van der Waals surface area contributed by atoms with Crippen molar-refractivity contribution in [3.63, 3.8) is 0 Å². The molecule has 9 heteroatoms. The second kappa shape index (κ2) is 5.60. The first-order chi connectivity index (χ1) is 6.18. The number of hydrogen-bond acceptors (Lipinski definition) is 7. The van der Waals surface area contributed by atoms with E-state index in [2.05, 4.69) is 32.4 Å². The summed E-state index contributed by atoms with van der Waals surface area (Å²) in [6.07, 6.45) is 0. The average Bonchev–Trinajstić information content (AvgIpc) is 2.64. The van der Waals surface area contributed by atoms with Gasteiger partial charge < -0.3 is 0 Å². The van der Waals surface area contributed by atoms with Gasteiger partial charge in [0.05, 0.1) is 0 Å². The van der Waals surface area contributed by atoms with Crippen molar-refractivity contribution in [2.24, 2.45) is 0 Å². The van der Waals surface area contributed by atoms with Crippen molar-refractivity contribution in [1.82, 2.24) is 19.8 Å². The maximum absolute atomic E-state index is 4.70. The van der Waals surface area contributed by atoms with Crippen LogP contribution in [0.5, 0.6) is 0 Å². The number of aromatic nitrogens is 4. The van der Waals surface area contributed by atoms with Crippen LogP contribution >= 0.6 is 59.9 Å². The lowest BCUT2D eigenvalue weighted by molar-refractivity contribution is 1.04. The van der Waals surface area contributed by atoms with Gasteiger partial charge in [-0.1, -0.05) is 15.8 Å². The molecule has 2 rings (SSSR count). The molecule has 0 bridgehead atoms. The van der Waals surface area contributed by atoms with Crippen LogP contribution in [0.2, 0.25) is 0 Å². The van der Waals surface area contributed by atoms with Crippen LogP contribution in [0, 0.1) is 7.91 Å². The van der Waals surface area contributed by atoms with Crippen LogP contribution in [0.15, 0.2) is 10.4 Å². The van der Waals surface area contributed by atoms with E-state index in [1.807, 2.05) is 0 Å². The zero-order chi connectivity index (χ0) is 9.68. The number of aromatic amines is 2. The zero-order valence-electron chi connectivity index (χ0n) is 6.05. The van der Waals surface area contributed by atoms with Gasteiger partial charge in [0.2, 0.25) is 0 Å². The summed E-state index contributed by atoms with van der Waals surface area (Å²) in [5.41, 5.74) is 0. The first kappa shape index (κ1) is 11.0. The van der Waals surface area contributed by atoms with Crippen LogP contribution in [0.25, 0.3) is 0 Å². The number of nitrogens with zero attached hydrogens (tertiary/aromatic N) is 2. The Morgan fingerprint density at radius 1 is 1.31 bits per heavy atom. The Labute approximate surface area is 97.6 Å². The molecule has 0 aliphatic heterocycles.